The molecule has 1 aromatic carbocycles. The van der Waals surface area contributed by atoms with E-state index < -0.39 is 11.6 Å². The third-order valence-electron chi connectivity index (χ3n) is 2.44. The maximum absolute atomic E-state index is 12.9. The minimum atomic E-state index is -0.559. The van der Waals surface area contributed by atoms with Crippen LogP contribution < -0.4 is 0 Å². The standard InChI is InChI=1S/C11H12F2O2/c1-14-10(11-6-15-11)4-7-2-8(12)5-9(13)3-7/h2-3,5,10-11H,4,6H2,1H3. The van der Waals surface area contributed by atoms with E-state index in [0.29, 0.717) is 18.6 Å². The lowest BCUT2D eigenvalue weighted by Crippen LogP contribution is -2.21. The fourth-order valence-electron chi connectivity index (χ4n) is 1.60. The van der Waals surface area contributed by atoms with Crippen molar-refractivity contribution in [2.75, 3.05) is 13.7 Å². The van der Waals surface area contributed by atoms with Gasteiger partial charge in [0, 0.05) is 19.6 Å². The predicted octanol–water partition coefficient (Wildman–Crippen LogP) is 1.92. The highest BCUT2D eigenvalue weighted by Gasteiger charge is 2.32. The minimum absolute atomic E-state index is 0.0707. The van der Waals surface area contributed by atoms with Crippen molar-refractivity contribution in [3.63, 3.8) is 0 Å². The van der Waals surface area contributed by atoms with Crippen LogP contribution in [0.4, 0.5) is 8.78 Å². The fraction of sp³-hybridized carbons (Fsp3) is 0.455. The summed E-state index contributed by atoms with van der Waals surface area (Å²) in [7, 11) is 1.57. The van der Waals surface area contributed by atoms with E-state index in [1.165, 1.54) is 12.1 Å². The Labute approximate surface area is 86.8 Å². The molecular weight excluding hydrogens is 202 g/mol. The van der Waals surface area contributed by atoms with Gasteiger partial charge in [-0.15, -0.1) is 0 Å². The first-order valence-electron chi connectivity index (χ1n) is 4.78. The van der Waals surface area contributed by atoms with E-state index in [0.717, 1.165) is 6.07 Å². The van der Waals surface area contributed by atoms with Gasteiger partial charge in [0.1, 0.15) is 17.7 Å². The molecule has 1 aromatic rings. The van der Waals surface area contributed by atoms with Gasteiger partial charge in [-0.1, -0.05) is 0 Å². The smallest absolute Gasteiger partial charge is 0.126 e. The molecule has 15 heavy (non-hydrogen) atoms. The number of halogens is 2. The molecule has 0 radical (unpaired) electrons. The van der Waals surface area contributed by atoms with Crippen LogP contribution in [0.5, 0.6) is 0 Å². The first kappa shape index (κ1) is 10.5. The van der Waals surface area contributed by atoms with Crippen LogP contribution in [0.15, 0.2) is 18.2 Å². The van der Waals surface area contributed by atoms with Crippen LogP contribution in [-0.4, -0.2) is 25.9 Å². The van der Waals surface area contributed by atoms with Crippen LogP contribution in [0.3, 0.4) is 0 Å². The van der Waals surface area contributed by atoms with Crippen molar-refractivity contribution in [2.24, 2.45) is 0 Å². The Bertz CT molecular complexity index is 330. The summed E-state index contributed by atoms with van der Waals surface area (Å²) in [4.78, 5) is 0. The second-order valence-electron chi connectivity index (χ2n) is 3.63. The van der Waals surface area contributed by atoms with Gasteiger partial charge in [0.15, 0.2) is 0 Å². The second-order valence-corrected chi connectivity index (χ2v) is 3.63. The highest BCUT2D eigenvalue weighted by molar-refractivity contribution is 5.19. The van der Waals surface area contributed by atoms with Crippen molar-refractivity contribution in [2.45, 2.75) is 18.6 Å². The Balaban J connectivity index is 2.08. The Kier molecular flexibility index (Phi) is 2.98. The molecule has 0 aliphatic carbocycles. The second kappa shape index (κ2) is 4.24. The fourth-order valence-corrected chi connectivity index (χ4v) is 1.60. The highest BCUT2D eigenvalue weighted by Crippen LogP contribution is 2.21. The van der Waals surface area contributed by atoms with Gasteiger partial charge < -0.3 is 9.47 Å². The van der Waals surface area contributed by atoms with Gasteiger partial charge in [-0.05, 0) is 17.7 Å². The van der Waals surface area contributed by atoms with Crippen molar-refractivity contribution in [1.82, 2.24) is 0 Å². The maximum Gasteiger partial charge on any atom is 0.126 e. The molecule has 0 bridgehead atoms. The van der Waals surface area contributed by atoms with E-state index in [1.54, 1.807) is 7.11 Å². The molecule has 0 N–H and O–H groups in total. The highest BCUT2D eigenvalue weighted by atomic mass is 19.1. The number of hydrogen-bond acceptors (Lipinski definition) is 2. The molecule has 1 aliphatic heterocycles. The molecule has 2 rings (SSSR count). The van der Waals surface area contributed by atoms with Gasteiger partial charge in [-0.3, -0.25) is 0 Å². The van der Waals surface area contributed by atoms with Gasteiger partial charge in [0.25, 0.3) is 0 Å². The van der Waals surface area contributed by atoms with Crippen molar-refractivity contribution in [3.8, 4) is 0 Å². The van der Waals surface area contributed by atoms with Gasteiger partial charge in [0.05, 0.1) is 12.7 Å². The lowest BCUT2D eigenvalue weighted by atomic mass is 10.1. The molecule has 2 atom stereocenters. The third-order valence-corrected chi connectivity index (χ3v) is 2.44. The molecule has 4 heteroatoms. The molecule has 0 aromatic heterocycles. The van der Waals surface area contributed by atoms with Crippen LogP contribution >= 0.6 is 0 Å². The maximum atomic E-state index is 12.9. The molecule has 2 nitrogen and oxygen atoms in total. The van der Waals surface area contributed by atoms with E-state index in [9.17, 15) is 8.78 Å². The van der Waals surface area contributed by atoms with Gasteiger partial charge in [-0.2, -0.15) is 0 Å². The average molecular weight is 214 g/mol. The summed E-state index contributed by atoms with van der Waals surface area (Å²) in [5.74, 6) is -1.12. The van der Waals surface area contributed by atoms with Crippen molar-refractivity contribution < 1.29 is 18.3 Å². The zero-order valence-electron chi connectivity index (χ0n) is 8.37. The Morgan fingerprint density at radius 3 is 2.47 bits per heavy atom. The first-order valence-corrected chi connectivity index (χ1v) is 4.78. The number of benzene rings is 1. The lowest BCUT2D eigenvalue weighted by molar-refractivity contribution is 0.0764. The Morgan fingerprint density at radius 2 is 2.00 bits per heavy atom. The normalized spacial score (nSPS) is 21.4. The SMILES string of the molecule is COC(Cc1cc(F)cc(F)c1)C1CO1. The summed E-state index contributed by atoms with van der Waals surface area (Å²) in [6.07, 6.45) is 0.420. The molecular formula is C11H12F2O2. The number of hydrogen-bond donors (Lipinski definition) is 0. The summed E-state index contributed by atoms with van der Waals surface area (Å²) in [5.41, 5.74) is 0.592. The van der Waals surface area contributed by atoms with Crippen LogP contribution in [0, 0.1) is 11.6 Å². The summed E-state index contributed by atoms with van der Waals surface area (Å²) >= 11 is 0. The van der Waals surface area contributed by atoms with E-state index in [-0.39, 0.29) is 12.2 Å². The molecule has 2 unspecified atom stereocenters. The third kappa shape index (κ3) is 2.73. The van der Waals surface area contributed by atoms with Gasteiger partial charge in [-0.25, -0.2) is 8.78 Å². The molecule has 1 saturated heterocycles. The van der Waals surface area contributed by atoms with Crippen molar-refractivity contribution >= 4 is 0 Å². The van der Waals surface area contributed by atoms with E-state index in [4.69, 9.17) is 9.47 Å². The topological polar surface area (TPSA) is 21.8 Å². The zero-order valence-corrected chi connectivity index (χ0v) is 8.37. The van der Waals surface area contributed by atoms with E-state index in [2.05, 4.69) is 0 Å². The quantitative estimate of drug-likeness (QED) is 0.714. The Morgan fingerprint density at radius 1 is 1.40 bits per heavy atom. The molecule has 0 spiro atoms. The molecule has 0 amide bonds. The van der Waals surface area contributed by atoms with Crippen molar-refractivity contribution in [3.05, 3.63) is 35.4 Å². The molecule has 1 heterocycles. The van der Waals surface area contributed by atoms with E-state index in [1.807, 2.05) is 0 Å². The van der Waals surface area contributed by atoms with Crippen LogP contribution in [0.25, 0.3) is 0 Å². The monoisotopic (exact) mass is 214 g/mol. The number of methoxy groups -OCH3 is 1. The van der Waals surface area contributed by atoms with Gasteiger partial charge >= 0.3 is 0 Å². The van der Waals surface area contributed by atoms with Crippen molar-refractivity contribution in [1.29, 1.82) is 0 Å². The number of epoxide rings is 1. The summed E-state index contributed by atoms with van der Waals surface area (Å²) in [6, 6.07) is 3.49. The lowest BCUT2D eigenvalue weighted by Gasteiger charge is -2.12. The molecule has 82 valence electrons. The molecule has 0 saturated carbocycles. The number of rotatable bonds is 4. The minimum Gasteiger partial charge on any atom is -0.378 e. The molecule has 1 aliphatic rings. The van der Waals surface area contributed by atoms with Crippen LogP contribution in [0.1, 0.15) is 5.56 Å². The predicted molar refractivity (Wildman–Crippen MR) is 50.6 cm³/mol. The average Bonchev–Trinajstić information content (AvgIpc) is 2.95. The van der Waals surface area contributed by atoms with Crippen LogP contribution in [0.2, 0.25) is 0 Å². The van der Waals surface area contributed by atoms with Crippen LogP contribution in [-0.2, 0) is 15.9 Å². The summed E-state index contributed by atoms with van der Waals surface area (Å²) in [6.45, 7) is 0.663. The largest absolute Gasteiger partial charge is 0.378 e. The number of ether oxygens (including phenoxy) is 2. The van der Waals surface area contributed by atoms with Gasteiger partial charge in [0.2, 0.25) is 0 Å². The van der Waals surface area contributed by atoms with E-state index >= 15 is 0 Å². The Hall–Kier alpha value is -1.00. The summed E-state index contributed by atoms with van der Waals surface area (Å²) < 4.78 is 36.0. The molecule has 1 fully saturated rings. The zero-order chi connectivity index (χ0) is 10.8. The first-order chi connectivity index (χ1) is 7.19. The summed E-state index contributed by atoms with van der Waals surface area (Å²) in [5, 5.41) is 0.